The van der Waals surface area contributed by atoms with Crippen LogP contribution in [0.15, 0.2) is 11.8 Å². The van der Waals surface area contributed by atoms with E-state index in [9.17, 15) is 14.4 Å². The number of hydrogen-bond acceptors (Lipinski definition) is 5. The molecule has 82 valence electrons. The van der Waals surface area contributed by atoms with Gasteiger partial charge in [0.1, 0.15) is 0 Å². The van der Waals surface area contributed by atoms with Crippen molar-refractivity contribution in [1.82, 2.24) is 5.32 Å². The zero-order valence-corrected chi connectivity index (χ0v) is 8.24. The Morgan fingerprint density at radius 3 is 2.73 bits per heavy atom. The molecular weight excluding hydrogens is 202 g/mol. The lowest BCUT2D eigenvalue weighted by atomic mass is 10.4. The second kappa shape index (κ2) is 5.14. The molecule has 0 atom stereocenters. The summed E-state index contributed by atoms with van der Waals surface area (Å²) >= 11 is 0. The minimum atomic E-state index is -0.973. The van der Waals surface area contributed by atoms with Gasteiger partial charge in [-0.3, -0.25) is 14.9 Å². The molecule has 0 saturated carbocycles. The largest absolute Gasteiger partial charge is 0.514 e. The minimum Gasteiger partial charge on any atom is -0.434 e. The highest BCUT2D eigenvalue weighted by Crippen LogP contribution is 2.05. The van der Waals surface area contributed by atoms with E-state index in [4.69, 9.17) is 0 Å². The zero-order chi connectivity index (χ0) is 11.3. The first-order chi connectivity index (χ1) is 7.13. The highest BCUT2D eigenvalue weighted by Gasteiger charge is 2.25. The van der Waals surface area contributed by atoms with Gasteiger partial charge in [-0.1, -0.05) is 13.3 Å². The minimum absolute atomic E-state index is 0.234. The third kappa shape index (κ3) is 3.41. The SMILES string of the molecule is CCCCOC(=O)OC1=CC(=O)NC1=O. The average molecular weight is 213 g/mol. The third-order valence-electron chi connectivity index (χ3n) is 1.63. The van der Waals surface area contributed by atoms with Crippen molar-refractivity contribution >= 4 is 18.0 Å². The fourth-order valence-corrected chi connectivity index (χ4v) is 0.889. The van der Waals surface area contributed by atoms with E-state index >= 15 is 0 Å². The molecule has 0 spiro atoms. The van der Waals surface area contributed by atoms with E-state index in [1.807, 2.05) is 12.2 Å². The van der Waals surface area contributed by atoms with Crippen molar-refractivity contribution < 1.29 is 23.9 Å². The lowest BCUT2D eigenvalue weighted by Crippen LogP contribution is -2.23. The number of hydrogen-bond donors (Lipinski definition) is 1. The van der Waals surface area contributed by atoms with Gasteiger partial charge in [0.15, 0.2) is 0 Å². The first-order valence-corrected chi connectivity index (χ1v) is 4.55. The Morgan fingerprint density at radius 1 is 1.47 bits per heavy atom. The van der Waals surface area contributed by atoms with E-state index in [1.54, 1.807) is 0 Å². The van der Waals surface area contributed by atoms with Crippen molar-refractivity contribution in [3.63, 3.8) is 0 Å². The van der Waals surface area contributed by atoms with Crippen molar-refractivity contribution in [2.45, 2.75) is 19.8 Å². The quantitative estimate of drug-likeness (QED) is 0.417. The molecule has 1 rings (SSSR count). The molecule has 6 nitrogen and oxygen atoms in total. The van der Waals surface area contributed by atoms with Gasteiger partial charge in [-0.2, -0.15) is 0 Å². The Bertz CT molecular complexity index is 320. The van der Waals surface area contributed by atoms with Crippen LogP contribution in [0.2, 0.25) is 0 Å². The molecule has 0 aromatic heterocycles. The molecule has 0 fully saturated rings. The summed E-state index contributed by atoms with van der Waals surface area (Å²) in [6.45, 7) is 2.18. The summed E-state index contributed by atoms with van der Waals surface area (Å²) in [7, 11) is 0. The highest BCUT2D eigenvalue weighted by atomic mass is 16.7. The number of carbonyl (C=O) groups excluding carboxylic acids is 3. The number of nitrogens with one attached hydrogen (secondary N) is 1. The summed E-state index contributed by atoms with van der Waals surface area (Å²) in [5.41, 5.74) is 0. The molecule has 1 N–H and O–H groups in total. The molecule has 0 bridgehead atoms. The molecule has 6 heteroatoms. The van der Waals surface area contributed by atoms with Crippen LogP contribution in [-0.2, 0) is 19.1 Å². The Morgan fingerprint density at radius 2 is 2.20 bits per heavy atom. The zero-order valence-electron chi connectivity index (χ0n) is 8.24. The Hall–Kier alpha value is -1.85. The molecule has 1 aliphatic heterocycles. The molecule has 0 aromatic carbocycles. The number of imide groups is 1. The van der Waals surface area contributed by atoms with Crippen molar-refractivity contribution in [3.05, 3.63) is 11.8 Å². The van der Waals surface area contributed by atoms with Gasteiger partial charge >= 0.3 is 6.16 Å². The normalized spacial score (nSPS) is 14.6. The number of amides is 2. The second-order valence-corrected chi connectivity index (χ2v) is 2.88. The molecule has 1 heterocycles. The maximum Gasteiger partial charge on any atom is 0.514 e. The Labute approximate surface area is 86.2 Å². The molecule has 0 unspecified atom stereocenters. The monoisotopic (exact) mass is 213 g/mol. The van der Waals surface area contributed by atoms with Gasteiger partial charge in [-0.25, -0.2) is 4.79 Å². The van der Waals surface area contributed by atoms with Gasteiger partial charge in [0.05, 0.1) is 12.7 Å². The van der Waals surface area contributed by atoms with E-state index in [-0.39, 0.29) is 12.4 Å². The molecule has 2 amide bonds. The highest BCUT2D eigenvalue weighted by molar-refractivity contribution is 6.15. The van der Waals surface area contributed by atoms with Gasteiger partial charge in [0.2, 0.25) is 5.76 Å². The summed E-state index contributed by atoms with van der Waals surface area (Å²) in [5.74, 6) is -1.66. The van der Waals surface area contributed by atoms with Gasteiger partial charge in [0.25, 0.3) is 11.8 Å². The summed E-state index contributed by atoms with van der Waals surface area (Å²) in [4.78, 5) is 32.5. The average Bonchev–Trinajstić information content (AvgIpc) is 2.45. The first-order valence-electron chi connectivity index (χ1n) is 4.55. The van der Waals surface area contributed by atoms with Gasteiger partial charge < -0.3 is 9.47 Å². The smallest absolute Gasteiger partial charge is 0.434 e. The van der Waals surface area contributed by atoms with Gasteiger partial charge in [0, 0.05) is 0 Å². The summed E-state index contributed by atoms with van der Waals surface area (Å²) in [6, 6.07) is 0. The van der Waals surface area contributed by atoms with Crippen molar-refractivity contribution in [2.75, 3.05) is 6.61 Å². The fourth-order valence-electron chi connectivity index (χ4n) is 0.889. The second-order valence-electron chi connectivity index (χ2n) is 2.88. The van der Waals surface area contributed by atoms with E-state index in [0.29, 0.717) is 0 Å². The van der Waals surface area contributed by atoms with Crippen molar-refractivity contribution in [2.24, 2.45) is 0 Å². The fraction of sp³-hybridized carbons (Fsp3) is 0.444. The topological polar surface area (TPSA) is 81.7 Å². The standard InChI is InChI=1S/C9H11NO5/c1-2-3-4-14-9(13)15-6-5-7(11)10-8(6)12/h5H,2-4H2,1H3,(H,10,11,12). The third-order valence-corrected chi connectivity index (χ3v) is 1.63. The van der Waals surface area contributed by atoms with E-state index in [2.05, 4.69) is 9.47 Å². The van der Waals surface area contributed by atoms with Crippen LogP contribution in [-0.4, -0.2) is 24.6 Å². The molecule has 0 aliphatic carbocycles. The van der Waals surface area contributed by atoms with Crippen LogP contribution in [0.3, 0.4) is 0 Å². The summed E-state index contributed by atoms with van der Waals surface area (Å²) in [5, 5.41) is 1.94. The number of ether oxygens (including phenoxy) is 2. The van der Waals surface area contributed by atoms with E-state index in [0.717, 1.165) is 18.9 Å². The number of rotatable bonds is 4. The van der Waals surface area contributed by atoms with Crippen LogP contribution in [0.25, 0.3) is 0 Å². The van der Waals surface area contributed by atoms with Crippen LogP contribution in [0.4, 0.5) is 4.79 Å². The number of unbranched alkanes of at least 4 members (excludes halogenated alkanes) is 1. The predicted octanol–water partition coefficient (Wildman–Crippen LogP) is 0.480. The molecular formula is C9H11NO5. The lowest BCUT2D eigenvalue weighted by Gasteiger charge is -2.03. The molecule has 1 aliphatic rings. The van der Waals surface area contributed by atoms with Crippen LogP contribution < -0.4 is 5.32 Å². The van der Waals surface area contributed by atoms with E-state index < -0.39 is 18.0 Å². The first kappa shape index (κ1) is 11.2. The predicted molar refractivity (Wildman–Crippen MR) is 48.6 cm³/mol. The summed E-state index contributed by atoms with van der Waals surface area (Å²) in [6.07, 6.45) is 1.54. The van der Waals surface area contributed by atoms with Crippen LogP contribution in [0, 0.1) is 0 Å². The maximum atomic E-state index is 10.9. The molecule has 0 saturated heterocycles. The van der Waals surface area contributed by atoms with Crippen molar-refractivity contribution in [3.8, 4) is 0 Å². The van der Waals surface area contributed by atoms with Crippen molar-refractivity contribution in [1.29, 1.82) is 0 Å². The molecule has 15 heavy (non-hydrogen) atoms. The van der Waals surface area contributed by atoms with Crippen LogP contribution in [0.1, 0.15) is 19.8 Å². The van der Waals surface area contributed by atoms with Crippen LogP contribution >= 0.6 is 0 Å². The maximum absolute atomic E-state index is 10.9. The van der Waals surface area contributed by atoms with Gasteiger partial charge in [-0.05, 0) is 6.42 Å². The molecule has 0 aromatic rings. The Balaban J connectivity index is 2.35. The van der Waals surface area contributed by atoms with Gasteiger partial charge in [-0.15, -0.1) is 0 Å². The van der Waals surface area contributed by atoms with E-state index in [1.165, 1.54) is 0 Å². The summed E-state index contributed by atoms with van der Waals surface area (Å²) < 4.78 is 9.14. The molecule has 0 radical (unpaired) electrons. The number of carbonyl (C=O) groups is 3. The van der Waals surface area contributed by atoms with Crippen LogP contribution in [0.5, 0.6) is 0 Å². The lowest BCUT2D eigenvalue weighted by molar-refractivity contribution is -0.125. The Kier molecular flexibility index (Phi) is 3.84.